The zero-order valence-corrected chi connectivity index (χ0v) is 14.2. The fourth-order valence-electron chi connectivity index (χ4n) is 2.34. The second-order valence-electron chi connectivity index (χ2n) is 5.42. The van der Waals surface area contributed by atoms with Gasteiger partial charge in [0.05, 0.1) is 19.1 Å². The first kappa shape index (κ1) is 17.5. The maximum atomic E-state index is 12.1. The van der Waals surface area contributed by atoms with Gasteiger partial charge in [0.25, 0.3) is 0 Å². The van der Waals surface area contributed by atoms with E-state index in [9.17, 15) is 4.79 Å². The fourth-order valence-corrected chi connectivity index (χ4v) is 2.81. The topological polar surface area (TPSA) is 38.8 Å². The van der Waals surface area contributed by atoms with Gasteiger partial charge in [0.1, 0.15) is 0 Å². The van der Waals surface area contributed by atoms with E-state index in [1.54, 1.807) is 24.1 Å². The molecular weight excluding hydrogens is 325 g/mol. The Morgan fingerprint density at radius 1 is 1.36 bits per heavy atom. The van der Waals surface area contributed by atoms with Crippen LogP contribution in [0.2, 0.25) is 10.0 Å². The average molecular weight is 346 g/mol. The van der Waals surface area contributed by atoms with Gasteiger partial charge in [-0.2, -0.15) is 0 Å². The molecule has 1 saturated heterocycles. The highest BCUT2D eigenvalue weighted by Crippen LogP contribution is 2.22. The molecule has 0 radical (unpaired) electrons. The first-order valence-corrected chi connectivity index (χ1v) is 8.19. The molecule has 1 amide bonds. The van der Waals surface area contributed by atoms with Crippen molar-refractivity contribution in [3.8, 4) is 0 Å². The molecule has 6 heteroatoms. The van der Waals surface area contributed by atoms with Crippen molar-refractivity contribution in [1.82, 2.24) is 4.90 Å². The molecule has 2 rings (SSSR count). The van der Waals surface area contributed by atoms with Crippen molar-refractivity contribution in [3.63, 3.8) is 0 Å². The Hall–Kier alpha value is -0.810. The van der Waals surface area contributed by atoms with Gasteiger partial charge in [0, 0.05) is 36.9 Å². The van der Waals surface area contributed by atoms with Crippen molar-refractivity contribution >= 4 is 29.1 Å². The van der Waals surface area contributed by atoms with Gasteiger partial charge < -0.3 is 14.4 Å². The summed E-state index contributed by atoms with van der Waals surface area (Å²) in [5.74, 6) is 0.0399. The predicted molar refractivity (Wildman–Crippen MR) is 87.3 cm³/mol. The Balaban J connectivity index is 1.74. The summed E-state index contributed by atoms with van der Waals surface area (Å²) >= 11 is 12.0. The summed E-state index contributed by atoms with van der Waals surface area (Å²) in [6.07, 6.45) is 2.41. The molecule has 0 aliphatic carbocycles. The Bertz CT molecular complexity index is 504. The maximum absolute atomic E-state index is 12.1. The smallest absolute Gasteiger partial charge is 0.224 e. The van der Waals surface area contributed by atoms with E-state index in [1.807, 2.05) is 6.07 Å². The van der Waals surface area contributed by atoms with Gasteiger partial charge in [-0.25, -0.2) is 0 Å². The quantitative estimate of drug-likeness (QED) is 0.791. The molecule has 0 saturated carbocycles. The summed E-state index contributed by atoms with van der Waals surface area (Å²) < 4.78 is 11.0. The average Bonchev–Trinajstić information content (AvgIpc) is 2.51. The van der Waals surface area contributed by atoms with Crippen LogP contribution >= 0.6 is 23.2 Å². The maximum Gasteiger partial charge on any atom is 0.224 e. The second kappa shape index (κ2) is 8.73. The number of hydrogen-bond donors (Lipinski definition) is 0. The predicted octanol–water partition coefficient (Wildman–Crippen LogP) is 3.54. The lowest BCUT2D eigenvalue weighted by atomic mass is 10.1. The normalized spacial score (nSPS) is 15.8. The van der Waals surface area contributed by atoms with Crippen LogP contribution in [-0.2, 0) is 20.8 Å². The molecule has 1 fully saturated rings. The lowest BCUT2D eigenvalue weighted by Gasteiger charge is -2.23. The lowest BCUT2D eigenvalue weighted by molar-refractivity contribution is -0.132. The summed E-state index contributed by atoms with van der Waals surface area (Å²) in [5.41, 5.74) is 0.882. The van der Waals surface area contributed by atoms with E-state index in [4.69, 9.17) is 32.7 Å². The van der Waals surface area contributed by atoms with Gasteiger partial charge in [-0.1, -0.05) is 29.3 Å². The van der Waals surface area contributed by atoms with Crippen LogP contribution in [0.25, 0.3) is 0 Å². The first-order valence-electron chi connectivity index (χ1n) is 7.43. The Morgan fingerprint density at radius 3 is 2.77 bits per heavy atom. The number of rotatable bonds is 6. The van der Waals surface area contributed by atoms with Crippen LogP contribution in [0.3, 0.4) is 0 Å². The molecule has 4 nitrogen and oxygen atoms in total. The minimum atomic E-state index is 0.0399. The zero-order chi connectivity index (χ0) is 15.9. The van der Waals surface area contributed by atoms with Crippen LogP contribution in [0.1, 0.15) is 24.8 Å². The van der Waals surface area contributed by atoms with Crippen LogP contribution in [-0.4, -0.2) is 43.8 Å². The Labute approximate surface area is 141 Å². The number of ether oxygens (including phenoxy) is 2. The molecule has 0 unspecified atom stereocenters. The van der Waals surface area contributed by atoms with Gasteiger partial charge in [-0.15, -0.1) is 0 Å². The monoisotopic (exact) mass is 345 g/mol. The number of amides is 1. The van der Waals surface area contributed by atoms with E-state index in [2.05, 4.69) is 0 Å². The first-order chi connectivity index (χ1) is 10.6. The number of hydrogen-bond acceptors (Lipinski definition) is 3. The SMILES string of the molecule is CN(Cc1ccc(Cl)cc1Cl)C(=O)CCOC1CCOCC1. The van der Waals surface area contributed by atoms with Gasteiger partial charge in [-0.3, -0.25) is 4.79 Å². The van der Waals surface area contributed by atoms with Crippen LogP contribution in [0, 0.1) is 0 Å². The molecule has 122 valence electrons. The summed E-state index contributed by atoms with van der Waals surface area (Å²) in [4.78, 5) is 13.8. The van der Waals surface area contributed by atoms with Gasteiger partial charge in [0.2, 0.25) is 5.91 Å². The van der Waals surface area contributed by atoms with Crippen molar-refractivity contribution in [1.29, 1.82) is 0 Å². The summed E-state index contributed by atoms with van der Waals surface area (Å²) in [6, 6.07) is 5.30. The summed E-state index contributed by atoms with van der Waals surface area (Å²) in [6.45, 7) is 2.40. The molecule has 0 aromatic heterocycles. The molecule has 1 aromatic carbocycles. The summed E-state index contributed by atoms with van der Waals surface area (Å²) in [7, 11) is 1.77. The standard InChI is InChI=1S/C16H21Cl2NO3/c1-19(11-12-2-3-13(17)10-15(12)18)16(20)6-9-22-14-4-7-21-8-5-14/h2-3,10,14H,4-9,11H2,1H3. The lowest BCUT2D eigenvalue weighted by Crippen LogP contribution is -2.29. The number of carbonyl (C=O) groups excluding carboxylic acids is 1. The number of halogens is 2. The molecule has 0 bridgehead atoms. The van der Waals surface area contributed by atoms with Crippen LogP contribution in [0.15, 0.2) is 18.2 Å². The van der Waals surface area contributed by atoms with Crippen molar-refractivity contribution < 1.29 is 14.3 Å². The molecule has 1 aliphatic rings. The minimum Gasteiger partial charge on any atom is -0.381 e. The number of benzene rings is 1. The van der Waals surface area contributed by atoms with E-state index in [-0.39, 0.29) is 12.0 Å². The second-order valence-corrected chi connectivity index (χ2v) is 6.26. The summed E-state index contributed by atoms with van der Waals surface area (Å²) in [5, 5.41) is 1.16. The highest BCUT2D eigenvalue weighted by atomic mass is 35.5. The molecule has 0 spiro atoms. The number of carbonyl (C=O) groups is 1. The van der Waals surface area contributed by atoms with Crippen molar-refractivity contribution in [2.45, 2.75) is 31.9 Å². The molecule has 1 heterocycles. The van der Waals surface area contributed by atoms with E-state index >= 15 is 0 Å². The minimum absolute atomic E-state index is 0.0399. The van der Waals surface area contributed by atoms with Crippen molar-refractivity contribution in [3.05, 3.63) is 33.8 Å². The fraction of sp³-hybridized carbons (Fsp3) is 0.562. The van der Waals surface area contributed by atoms with Gasteiger partial charge >= 0.3 is 0 Å². The Morgan fingerprint density at radius 2 is 2.09 bits per heavy atom. The molecule has 22 heavy (non-hydrogen) atoms. The molecule has 0 N–H and O–H groups in total. The van der Waals surface area contributed by atoms with Crippen LogP contribution in [0.5, 0.6) is 0 Å². The molecule has 0 atom stereocenters. The van der Waals surface area contributed by atoms with Crippen molar-refractivity contribution in [2.24, 2.45) is 0 Å². The Kier molecular flexibility index (Phi) is 6.96. The molecular formula is C16H21Cl2NO3. The highest BCUT2D eigenvalue weighted by Gasteiger charge is 2.16. The van der Waals surface area contributed by atoms with Crippen molar-refractivity contribution in [2.75, 3.05) is 26.9 Å². The van der Waals surface area contributed by atoms with E-state index in [1.165, 1.54) is 0 Å². The number of nitrogens with zero attached hydrogens (tertiary/aromatic N) is 1. The van der Waals surface area contributed by atoms with Crippen LogP contribution in [0.4, 0.5) is 0 Å². The molecule has 1 aliphatic heterocycles. The zero-order valence-electron chi connectivity index (χ0n) is 12.7. The largest absolute Gasteiger partial charge is 0.381 e. The van der Waals surface area contributed by atoms with Gasteiger partial charge in [0.15, 0.2) is 0 Å². The third-order valence-electron chi connectivity index (χ3n) is 3.69. The molecule has 1 aromatic rings. The highest BCUT2D eigenvalue weighted by molar-refractivity contribution is 6.35. The third-order valence-corrected chi connectivity index (χ3v) is 4.27. The third kappa shape index (κ3) is 5.43. The van der Waals surface area contributed by atoms with E-state index < -0.39 is 0 Å². The van der Waals surface area contributed by atoms with Gasteiger partial charge in [-0.05, 0) is 30.5 Å². The van der Waals surface area contributed by atoms with E-state index in [0.717, 1.165) is 31.6 Å². The van der Waals surface area contributed by atoms with Crippen LogP contribution < -0.4 is 0 Å². The van der Waals surface area contributed by atoms with E-state index in [0.29, 0.717) is 29.6 Å².